The van der Waals surface area contributed by atoms with Crippen molar-refractivity contribution in [1.29, 1.82) is 0 Å². The summed E-state index contributed by atoms with van der Waals surface area (Å²) >= 11 is 3.26. The predicted octanol–water partition coefficient (Wildman–Crippen LogP) is 1.80. The van der Waals surface area contributed by atoms with Crippen molar-refractivity contribution < 1.29 is 0 Å². The van der Waals surface area contributed by atoms with Gasteiger partial charge in [-0.3, -0.25) is 0 Å². The van der Waals surface area contributed by atoms with Crippen molar-refractivity contribution in [2.45, 2.75) is 0 Å². The molecule has 0 saturated heterocycles. The van der Waals surface area contributed by atoms with Crippen LogP contribution in [0.15, 0.2) is 34.8 Å². The van der Waals surface area contributed by atoms with E-state index in [4.69, 9.17) is 11.5 Å². The van der Waals surface area contributed by atoms with Crippen LogP contribution in [0.3, 0.4) is 0 Å². The largest absolute Gasteiger partial charge is 0.383 e. The zero-order chi connectivity index (χ0) is 10.1. The van der Waals surface area contributed by atoms with Gasteiger partial charge in [0, 0.05) is 0 Å². The van der Waals surface area contributed by atoms with Crippen LogP contribution in [0.4, 0.5) is 11.6 Å². The fraction of sp³-hybridized carbons (Fsp3) is 0. The lowest BCUT2D eigenvalue weighted by Gasteiger charge is -2.02. The number of benzene rings is 1. The number of anilines is 2. The van der Waals surface area contributed by atoms with Crippen molar-refractivity contribution in [3.63, 3.8) is 0 Å². The predicted molar refractivity (Wildman–Crippen MR) is 60.1 cm³/mol. The van der Waals surface area contributed by atoms with E-state index in [1.165, 1.54) is 0 Å². The summed E-state index contributed by atoms with van der Waals surface area (Å²) in [6.45, 7) is 0. The highest BCUT2D eigenvalue weighted by molar-refractivity contribution is 9.10. The minimum Gasteiger partial charge on any atom is -0.383 e. The maximum atomic E-state index is 5.81. The van der Waals surface area contributed by atoms with Gasteiger partial charge in [0.25, 0.3) is 0 Å². The third-order valence-electron chi connectivity index (χ3n) is 1.89. The van der Waals surface area contributed by atoms with Crippen molar-refractivity contribution in [2.24, 2.45) is 0 Å². The molecule has 0 saturated carbocycles. The van der Waals surface area contributed by atoms with Gasteiger partial charge in [-0.1, -0.05) is 18.2 Å². The highest BCUT2D eigenvalue weighted by Gasteiger charge is 2.10. The standard InChI is InChI=1S/C9H9BrN4/c10-7-8(11)13-14(9(7)12)6-4-2-1-3-5-6/h1-5H,12H2,(H2,11,13). The topological polar surface area (TPSA) is 69.9 Å². The molecule has 1 aromatic heterocycles. The van der Waals surface area contributed by atoms with Gasteiger partial charge in [-0.2, -0.15) is 0 Å². The average Bonchev–Trinajstić information content (AvgIpc) is 2.47. The smallest absolute Gasteiger partial charge is 0.162 e. The van der Waals surface area contributed by atoms with Crippen LogP contribution in [0.5, 0.6) is 0 Å². The summed E-state index contributed by atoms with van der Waals surface area (Å²) in [6.07, 6.45) is 0. The summed E-state index contributed by atoms with van der Waals surface area (Å²) in [6, 6.07) is 9.59. The molecule has 0 bridgehead atoms. The second-order valence-corrected chi connectivity index (χ2v) is 3.62. The first-order valence-corrected chi connectivity index (χ1v) is 4.84. The van der Waals surface area contributed by atoms with Gasteiger partial charge in [-0.05, 0) is 28.1 Å². The first-order valence-electron chi connectivity index (χ1n) is 4.05. The molecule has 0 radical (unpaired) electrons. The third kappa shape index (κ3) is 1.35. The summed E-state index contributed by atoms with van der Waals surface area (Å²) in [5.41, 5.74) is 12.3. The van der Waals surface area contributed by atoms with Gasteiger partial charge >= 0.3 is 0 Å². The monoisotopic (exact) mass is 252 g/mol. The molecule has 5 heteroatoms. The second-order valence-electron chi connectivity index (χ2n) is 2.83. The number of hydrogen-bond donors (Lipinski definition) is 2. The van der Waals surface area contributed by atoms with E-state index in [1.807, 2.05) is 30.3 Å². The van der Waals surface area contributed by atoms with Crippen molar-refractivity contribution in [2.75, 3.05) is 11.5 Å². The molecule has 4 N–H and O–H groups in total. The van der Waals surface area contributed by atoms with E-state index < -0.39 is 0 Å². The van der Waals surface area contributed by atoms with Crippen LogP contribution in [0.2, 0.25) is 0 Å². The van der Waals surface area contributed by atoms with Gasteiger partial charge in [0.1, 0.15) is 10.3 Å². The third-order valence-corrected chi connectivity index (χ3v) is 2.70. The summed E-state index contributed by atoms with van der Waals surface area (Å²) < 4.78 is 2.24. The number of rotatable bonds is 1. The van der Waals surface area contributed by atoms with Crippen molar-refractivity contribution in [3.05, 3.63) is 34.8 Å². The quantitative estimate of drug-likeness (QED) is 0.814. The maximum Gasteiger partial charge on any atom is 0.162 e. The molecular formula is C9H9BrN4. The molecule has 1 heterocycles. The Balaban J connectivity index is 2.58. The van der Waals surface area contributed by atoms with Crippen LogP contribution >= 0.6 is 15.9 Å². The number of hydrogen-bond acceptors (Lipinski definition) is 3. The van der Waals surface area contributed by atoms with E-state index in [0.29, 0.717) is 16.1 Å². The maximum absolute atomic E-state index is 5.81. The van der Waals surface area contributed by atoms with E-state index in [9.17, 15) is 0 Å². The molecule has 0 aliphatic heterocycles. The summed E-state index contributed by atoms with van der Waals surface area (Å²) in [5, 5.41) is 4.10. The Morgan fingerprint density at radius 2 is 1.79 bits per heavy atom. The van der Waals surface area contributed by atoms with Crippen LogP contribution < -0.4 is 11.5 Å². The summed E-state index contributed by atoms with van der Waals surface area (Å²) in [4.78, 5) is 0. The van der Waals surface area contributed by atoms with E-state index in [2.05, 4.69) is 21.0 Å². The molecule has 2 aromatic rings. The average molecular weight is 253 g/mol. The molecule has 14 heavy (non-hydrogen) atoms. The Kier molecular flexibility index (Phi) is 2.17. The van der Waals surface area contributed by atoms with Gasteiger partial charge < -0.3 is 11.5 Å². The van der Waals surface area contributed by atoms with Crippen molar-refractivity contribution in [3.8, 4) is 5.69 Å². The molecule has 0 atom stereocenters. The van der Waals surface area contributed by atoms with Crippen molar-refractivity contribution in [1.82, 2.24) is 9.78 Å². The van der Waals surface area contributed by atoms with Gasteiger partial charge in [0.05, 0.1) is 5.69 Å². The molecule has 0 fully saturated rings. The number of para-hydroxylation sites is 1. The van der Waals surface area contributed by atoms with Crippen LogP contribution in [0.25, 0.3) is 5.69 Å². The van der Waals surface area contributed by atoms with Gasteiger partial charge in [-0.25, -0.2) is 4.68 Å². The molecule has 0 aliphatic carbocycles. The van der Waals surface area contributed by atoms with Gasteiger partial charge in [-0.15, -0.1) is 5.10 Å². The molecular weight excluding hydrogens is 244 g/mol. The molecule has 0 aliphatic rings. The van der Waals surface area contributed by atoms with E-state index in [-0.39, 0.29) is 0 Å². The molecule has 4 nitrogen and oxygen atoms in total. The Labute approximate surface area is 89.6 Å². The minimum absolute atomic E-state index is 0.395. The van der Waals surface area contributed by atoms with Crippen LogP contribution in [-0.4, -0.2) is 9.78 Å². The van der Waals surface area contributed by atoms with E-state index in [1.54, 1.807) is 4.68 Å². The van der Waals surface area contributed by atoms with Crippen LogP contribution in [-0.2, 0) is 0 Å². The fourth-order valence-corrected chi connectivity index (χ4v) is 1.44. The van der Waals surface area contributed by atoms with Crippen LogP contribution in [0.1, 0.15) is 0 Å². The number of nitrogens with zero attached hydrogens (tertiary/aromatic N) is 2. The fourth-order valence-electron chi connectivity index (χ4n) is 1.20. The van der Waals surface area contributed by atoms with Gasteiger partial charge in [0.15, 0.2) is 5.82 Å². The summed E-state index contributed by atoms with van der Waals surface area (Å²) in [5.74, 6) is 0.903. The van der Waals surface area contributed by atoms with E-state index in [0.717, 1.165) is 5.69 Å². The zero-order valence-corrected chi connectivity index (χ0v) is 8.90. The first kappa shape index (κ1) is 9.08. The Morgan fingerprint density at radius 3 is 2.29 bits per heavy atom. The van der Waals surface area contributed by atoms with Crippen molar-refractivity contribution >= 4 is 27.6 Å². The normalized spacial score (nSPS) is 10.4. The molecule has 2 rings (SSSR count). The molecule has 72 valence electrons. The number of halogens is 1. The van der Waals surface area contributed by atoms with E-state index >= 15 is 0 Å². The SMILES string of the molecule is Nc1nn(-c2ccccc2)c(N)c1Br. The molecule has 0 amide bonds. The highest BCUT2D eigenvalue weighted by Crippen LogP contribution is 2.27. The lowest BCUT2D eigenvalue weighted by molar-refractivity contribution is 0.897. The van der Waals surface area contributed by atoms with Crippen LogP contribution in [0, 0.1) is 0 Å². The Bertz CT molecular complexity index is 449. The number of nitrogens with two attached hydrogens (primary N) is 2. The first-order chi connectivity index (χ1) is 6.70. The lowest BCUT2D eigenvalue weighted by atomic mass is 10.3. The van der Waals surface area contributed by atoms with Gasteiger partial charge in [0.2, 0.25) is 0 Å². The lowest BCUT2D eigenvalue weighted by Crippen LogP contribution is -2.01. The Hall–Kier alpha value is -1.49. The minimum atomic E-state index is 0.395. The Morgan fingerprint density at radius 1 is 1.14 bits per heavy atom. The highest BCUT2D eigenvalue weighted by atomic mass is 79.9. The molecule has 0 spiro atoms. The summed E-state index contributed by atoms with van der Waals surface area (Å²) in [7, 11) is 0. The second kappa shape index (κ2) is 3.34. The molecule has 0 unspecified atom stereocenters. The molecule has 1 aromatic carbocycles. The number of nitrogen functional groups attached to an aromatic ring is 2. The zero-order valence-electron chi connectivity index (χ0n) is 7.31. The number of aromatic nitrogens is 2.